The van der Waals surface area contributed by atoms with Crippen LogP contribution in [0.3, 0.4) is 0 Å². The van der Waals surface area contributed by atoms with Gasteiger partial charge in [-0.3, -0.25) is 9.59 Å². The van der Waals surface area contributed by atoms with E-state index in [0.29, 0.717) is 12.1 Å². The second kappa shape index (κ2) is 6.48. The van der Waals surface area contributed by atoms with Crippen molar-refractivity contribution in [3.63, 3.8) is 0 Å². The molecule has 0 radical (unpaired) electrons. The molecule has 26 heavy (non-hydrogen) atoms. The van der Waals surface area contributed by atoms with Crippen molar-refractivity contribution in [1.82, 2.24) is 10.6 Å². The minimum absolute atomic E-state index is 0.0864. The predicted molar refractivity (Wildman–Crippen MR) is 98.4 cm³/mol. The number of amides is 2. The van der Waals surface area contributed by atoms with Gasteiger partial charge in [0.25, 0.3) is 5.91 Å². The summed E-state index contributed by atoms with van der Waals surface area (Å²) in [7, 11) is 0. The molecule has 2 aliphatic rings. The molecule has 0 fully saturated rings. The van der Waals surface area contributed by atoms with Crippen LogP contribution in [0.2, 0.25) is 0 Å². The summed E-state index contributed by atoms with van der Waals surface area (Å²) in [6.07, 6.45) is -0.107. The number of carbonyl (C=O) groups excluding carboxylic acids is 2. The Kier molecular flexibility index (Phi) is 4.15. The standard InChI is InChI=1S/C21H22N2O3/c1-12-14-7-5-6-10-18(14)26-19(12)13(2)23-21(25)17-11-22-20(24)16-9-4-3-8-15(16)17/h3-10,12-13,17,19H,11H2,1-2H3,(H,22,24)(H,23,25). The van der Waals surface area contributed by atoms with Crippen molar-refractivity contribution in [2.45, 2.75) is 37.8 Å². The molecule has 0 saturated carbocycles. The molecule has 0 aromatic heterocycles. The highest BCUT2D eigenvalue weighted by Gasteiger charge is 2.37. The number of para-hydroxylation sites is 1. The first kappa shape index (κ1) is 16.6. The van der Waals surface area contributed by atoms with Gasteiger partial charge in [-0.1, -0.05) is 43.3 Å². The number of hydrogen-bond donors (Lipinski definition) is 2. The van der Waals surface area contributed by atoms with Gasteiger partial charge in [-0.15, -0.1) is 0 Å². The fraction of sp³-hybridized carbons (Fsp3) is 0.333. The normalized spacial score (nSPS) is 24.7. The summed E-state index contributed by atoms with van der Waals surface area (Å²) in [5, 5.41) is 5.90. The van der Waals surface area contributed by atoms with Crippen LogP contribution in [0.25, 0.3) is 0 Å². The molecule has 4 atom stereocenters. The van der Waals surface area contributed by atoms with Gasteiger partial charge in [0.1, 0.15) is 11.9 Å². The van der Waals surface area contributed by atoms with E-state index < -0.39 is 0 Å². The average Bonchev–Trinajstić information content (AvgIpc) is 2.99. The minimum Gasteiger partial charge on any atom is -0.487 e. The van der Waals surface area contributed by atoms with E-state index in [4.69, 9.17) is 4.74 Å². The maximum absolute atomic E-state index is 12.9. The molecular weight excluding hydrogens is 328 g/mol. The Morgan fingerprint density at radius 2 is 1.85 bits per heavy atom. The van der Waals surface area contributed by atoms with Crippen molar-refractivity contribution in [2.24, 2.45) is 0 Å². The Labute approximate surface area is 152 Å². The molecule has 5 heteroatoms. The van der Waals surface area contributed by atoms with Gasteiger partial charge in [0, 0.05) is 23.6 Å². The van der Waals surface area contributed by atoms with Crippen LogP contribution in [0.15, 0.2) is 48.5 Å². The third-order valence-corrected chi connectivity index (χ3v) is 5.39. The Bertz CT molecular complexity index is 864. The molecule has 5 nitrogen and oxygen atoms in total. The smallest absolute Gasteiger partial charge is 0.251 e. The summed E-state index contributed by atoms with van der Waals surface area (Å²) >= 11 is 0. The molecule has 0 spiro atoms. The van der Waals surface area contributed by atoms with Crippen LogP contribution in [0, 0.1) is 0 Å². The number of ether oxygens (including phenoxy) is 1. The van der Waals surface area contributed by atoms with E-state index in [-0.39, 0.29) is 35.8 Å². The lowest BCUT2D eigenvalue weighted by Crippen LogP contribution is -2.49. The zero-order valence-corrected chi connectivity index (χ0v) is 14.9. The number of nitrogens with one attached hydrogen (secondary N) is 2. The summed E-state index contributed by atoms with van der Waals surface area (Å²) in [6, 6.07) is 15.1. The van der Waals surface area contributed by atoms with E-state index in [1.165, 1.54) is 5.56 Å². The Morgan fingerprint density at radius 1 is 1.15 bits per heavy atom. The third-order valence-electron chi connectivity index (χ3n) is 5.39. The highest BCUT2D eigenvalue weighted by Crippen LogP contribution is 2.39. The van der Waals surface area contributed by atoms with Crippen LogP contribution in [0.1, 0.15) is 47.2 Å². The molecule has 2 amide bonds. The van der Waals surface area contributed by atoms with Crippen molar-refractivity contribution < 1.29 is 14.3 Å². The summed E-state index contributed by atoms with van der Waals surface area (Å²) in [4.78, 5) is 24.9. The molecule has 4 rings (SSSR count). The van der Waals surface area contributed by atoms with Crippen molar-refractivity contribution >= 4 is 11.8 Å². The van der Waals surface area contributed by atoms with Gasteiger partial charge in [-0.2, -0.15) is 0 Å². The highest BCUT2D eigenvalue weighted by atomic mass is 16.5. The molecule has 2 heterocycles. The van der Waals surface area contributed by atoms with E-state index >= 15 is 0 Å². The minimum atomic E-state index is -0.384. The zero-order valence-electron chi connectivity index (χ0n) is 14.9. The quantitative estimate of drug-likeness (QED) is 0.894. The van der Waals surface area contributed by atoms with E-state index in [1.807, 2.05) is 43.3 Å². The van der Waals surface area contributed by atoms with Crippen molar-refractivity contribution in [3.05, 3.63) is 65.2 Å². The number of hydrogen-bond acceptors (Lipinski definition) is 3. The lowest BCUT2D eigenvalue weighted by Gasteiger charge is -2.29. The van der Waals surface area contributed by atoms with Crippen LogP contribution in [0.5, 0.6) is 5.75 Å². The largest absolute Gasteiger partial charge is 0.487 e. The summed E-state index contributed by atoms with van der Waals surface area (Å²) in [5.41, 5.74) is 2.53. The number of rotatable bonds is 3. The summed E-state index contributed by atoms with van der Waals surface area (Å²) < 4.78 is 6.07. The van der Waals surface area contributed by atoms with Gasteiger partial charge in [-0.05, 0) is 24.6 Å². The van der Waals surface area contributed by atoms with E-state index in [2.05, 4.69) is 23.6 Å². The number of benzene rings is 2. The van der Waals surface area contributed by atoms with Crippen LogP contribution >= 0.6 is 0 Å². The van der Waals surface area contributed by atoms with Gasteiger partial charge < -0.3 is 15.4 Å². The Balaban J connectivity index is 1.49. The molecule has 4 unspecified atom stereocenters. The Hall–Kier alpha value is -2.82. The predicted octanol–water partition coefficient (Wildman–Crippen LogP) is 2.58. The molecule has 0 aliphatic carbocycles. The second-order valence-electron chi connectivity index (χ2n) is 7.06. The third kappa shape index (κ3) is 2.73. The van der Waals surface area contributed by atoms with Crippen molar-refractivity contribution in [2.75, 3.05) is 6.54 Å². The summed E-state index contributed by atoms with van der Waals surface area (Å²) in [6.45, 7) is 4.41. The molecule has 2 aliphatic heterocycles. The first-order valence-corrected chi connectivity index (χ1v) is 8.99. The van der Waals surface area contributed by atoms with Crippen LogP contribution in [-0.2, 0) is 4.79 Å². The monoisotopic (exact) mass is 350 g/mol. The zero-order chi connectivity index (χ0) is 18.3. The highest BCUT2D eigenvalue weighted by molar-refractivity contribution is 6.00. The SMILES string of the molecule is CC(NC(=O)C1CNC(=O)c2ccccc21)C1Oc2ccccc2C1C. The lowest BCUT2D eigenvalue weighted by atomic mass is 9.89. The van der Waals surface area contributed by atoms with Crippen LogP contribution in [-0.4, -0.2) is 30.5 Å². The topological polar surface area (TPSA) is 67.4 Å². The van der Waals surface area contributed by atoms with E-state index in [1.54, 1.807) is 6.07 Å². The lowest BCUT2D eigenvalue weighted by molar-refractivity contribution is -0.123. The average molecular weight is 350 g/mol. The van der Waals surface area contributed by atoms with Gasteiger partial charge in [0.15, 0.2) is 0 Å². The van der Waals surface area contributed by atoms with Gasteiger partial charge >= 0.3 is 0 Å². The Morgan fingerprint density at radius 3 is 2.62 bits per heavy atom. The van der Waals surface area contributed by atoms with E-state index in [0.717, 1.165) is 11.3 Å². The van der Waals surface area contributed by atoms with Crippen molar-refractivity contribution in [3.8, 4) is 5.75 Å². The molecular formula is C21H22N2O3. The molecule has 2 N–H and O–H groups in total. The molecule has 2 aromatic rings. The van der Waals surface area contributed by atoms with Gasteiger partial charge in [0.05, 0.1) is 12.0 Å². The second-order valence-corrected chi connectivity index (χ2v) is 7.06. The van der Waals surface area contributed by atoms with E-state index in [9.17, 15) is 9.59 Å². The van der Waals surface area contributed by atoms with Crippen molar-refractivity contribution in [1.29, 1.82) is 0 Å². The van der Waals surface area contributed by atoms with Crippen LogP contribution < -0.4 is 15.4 Å². The molecule has 134 valence electrons. The van der Waals surface area contributed by atoms with Gasteiger partial charge in [-0.25, -0.2) is 0 Å². The fourth-order valence-corrected chi connectivity index (χ4v) is 3.97. The molecule has 0 bridgehead atoms. The molecule has 0 saturated heterocycles. The van der Waals surface area contributed by atoms with Gasteiger partial charge in [0.2, 0.25) is 5.91 Å². The van der Waals surface area contributed by atoms with Crippen LogP contribution in [0.4, 0.5) is 0 Å². The first-order chi connectivity index (χ1) is 12.6. The first-order valence-electron chi connectivity index (χ1n) is 8.99. The number of fused-ring (bicyclic) bond motifs is 2. The molecule has 2 aromatic carbocycles. The summed E-state index contributed by atoms with van der Waals surface area (Å²) in [5.74, 6) is 0.504. The number of carbonyl (C=O) groups is 2. The maximum atomic E-state index is 12.9. The fourth-order valence-electron chi connectivity index (χ4n) is 3.97. The maximum Gasteiger partial charge on any atom is 0.251 e.